The van der Waals surface area contributed by atoms with Crippen molar-refractivity contribution in [2.45, 2.75) is 71.1 Å². The maximum Gasteiger partial charge on any atom is 0.339 e. The molecule has 0 unspecified atom stereocenters. The van der Waals surface area contributed by atoms with E-state index in [0.29, 0.717) is 53.2 Å². The van der Waals surface area contributed by atoms with Crippen LogP contribution in [0.25, 0.3) is 10.9 Å². The van der Waals surface area contributed by atoms with Gasteiger partial charge in [0.15, 0.2) is 0 Å². The van der Waals surface area contributed by atoms with Crippen molar-refractivity contribution >= 4 is 40.1 Å². The number of carboxylic acids is 1. The number of halogens is 1. The number of ether oxygens (including phenoxy) is 2. The van der Waals surface area contributed by atoms with Crippen molar-refractivity contribution in [1.29, 1.82) is 0 Å². The predicted molar refractivity (Wildman–Crippen MR) is 179 cm³/mol. The molecule has 1 fully saturated rings. The average Bonchev–Trinajstić information content (AvgIpc) is 3.88. The van der Waals surface area contributed by atoms with Crippen LogP contribution in [0.1, 0.15) is 81.5 Å². The van der Waals surface area contributed by atoms with Crippen molar-refractivity contribution in [3.05, 3.63) is 84.3 Å². The number of aromatic nitrogens is 1. The molecule has 0 bridgehead atoms. The number of hydrogen-bond donors (Lipinski definition) is 3. The van der Waals surface area contributed by atoms with Crippen LogP contribution in [0.2, 0.25) is 0 Å². The summed E-state index contributed by atoms with van der Waals surface area (Å²) in [5, 5.41) is 15.9. The molecule has 47 heavy (non-hydrogen) atoms. The highest BCUT2D eigenvalue weighted by Gasteiger charge is 2.56. The number of benzene rings is 3. The van der Waals surface area contributed by atoms with Gasteiger partial charge in [-0.1, -0.05) is 51.9 Å². The topological polar surface area (TPSA) is 127 Å². The van der Waals surface area contributed by atoms with E-state index in [1.54, 1.807) is 42.6 Å². The zero-order valence-electron chi connectivity index (χ0n) is 26.5. The first-order valence-corrected chi connectivity index (χ1v) is 16.2. The Kier molecular flexibility index (Phi) is 11.0. The fraction of sp³-hybridized carbons (Fsp3) is 0.351. The molecule has 10 heteroatoms. The van der Waals surface area contributed by atoms with Gasteiger partial charge in [0.1, 0.15) is 34.0 Å². The third-order valence-corrected chi connectivity index (χ3v) is 8.35. The Morgan fingerprint density at radius 2 is 1.40 bits per heavy atom. The fourth-order valence-electron chi connectivity index (χ4n) is 5.39. The molecular weight excluding hydrogens is 601 g/mol. The van der Waals surface area contributed by atoms with E-state index < -0.39 is 29.0 Å². The van der Waals surface area contributed by atoms with Gasteiger partial charge in [-0.25, -0.2) is 9.18 Å². The van der Waals surface area contributed by atoms with E-state index in [2.05, 4.69) is 22.5 Å². The lowest BCUT2D eigenvalue weighted by Gasteiger charge is -2.16. The van der Waals surface area contributed by atoms with Crippen LogP contribution in [0.3, 0.4) is 0 Å². The van der Waals surface area contributed by atoms with E-state index in [1.807, 2.05) is 0 Å². The molecule has 0 aliphatic heterocycles. The molecule has 1 heterocycles. The van der Waals surface area contributed by atoms with Gasteiger partial charge >= 0.3 is 5.97 Å². The van der Waals surface area contributed by atoms with Gasteiger partial charge in [0.25, 0.3) is 0 Å². The van der Waals surface area contributed by atoms with Gasteiger partial charge in [0.2, 0.25) is 11.8 Å². The van der Waals surface area contributed by atoms with Gasteiger partial charge < -0.3 is 25.2 Å². The molecule has 246 valence electrons. The first kappa shape index (κ1) is 33.4. The first-order valence-electron chi connectivity index (χ1n) is 16.2. The van der Waals surface area contributed by atoms with E-state index in [-0.39, 0.29) is 11.3 Å². The SMILES string of the molecule is CCCCCCCCCCOc1cc2c(Oc3ccc(NC(=O)C4(C(=O)Nc5ccc(F)cc5)CC4)cc3)ccnc2cc1C(=O)O. The number of rotatable bonds is 17. The molecule has 2 amide bonds. The van der Waals surface area contributed by atoms with Crippen LogP contribution in [0.4, 0.5) is 15.8 Å². The van der Waals surface area contributed by atoms with Crippen molar-refractivity contribution in [3.8, 4) is 17.2 Å². The molecule has 0 spiro atoms. The van der Waals surface area contributed by atoms with Gasteiger partial charge in [0.05, 0.1) is 12.1 Å². The number of carboxylic acid groups (broad SMARTS) is 1. The van der Waals surface area contributed by atoms with Crippen molar-refractivity contribution in [2.75, 3.05) is 17.2 Å². The number of hydrogen-bond acceptors (Lipinski definition) is 6. The second kappa shape index (κ2) is 15.5. The quantitative estimate of drug-likeness (QED) is 0.0777. The summed E-state index contributed by atoms with van der Waals surface area (Å²) in [6.45, 7) is 2.62. The second-order valence-electron chi connectivity index (χ2n) is 11.9. The molecule has 3 N–H and O–H groups in total. The van der Waals surface area contributed by atoms with Gasteiger partial charge in [-0.15, -0.1) is 0 Å². The van der Waals surface area contributed by atoms with Crippen LogP contribution in [-0.2, 0) is 9.59 Å². The minimum Gasteiger partial charge on any atom is -0.493 e. The summed E-state index contributed by atoms with van der Waals surface area (Å²) < 4.78 is 25.3. The van der Waals surface area contributed by atoms with E-state index in [0.717, 1.165) is 19.3 Å². The minimum atomic E-state index is -1.18. The van der Waals surface area contributed by atoms with Gasteiger partial charge in [-0.2, -0.15) is 0 Å². The average molecular weight is 642 g/mol. The molecule has 9 nitrogen and oxygen atoms in total. The van der Waals surface area contributed by atoms with E-state index >= 15 is 0 Å². The molecule has 1 aromatic heterocycles. The number of aromatic carboxylic acids is 1. The highest BCUT2D eigenvalue weighted by Crippen LogP contribution is 2.47. The first-order chi connectivity index (χ1) is 22.8. The van der Waals surface area contributed by atoms with Crippen molar-refractivity contribution in [3.63, 3.8) is 0 Å². The Hall–Kier alpha value is -4.99. The molecule has 1 aliphatic carbocycles. The standard InChI is InChI=1S/C37H40FN3O6/c1-2-3-4-5-6-7-8-9-22-46-33-24-29-31(23-30(33)34(42)43)39-21-18-32(29)47-28-16-14-27(15-17-28)41-36(45)37(19-20-37)35(44)40-26-12-10-25(38)11-13-26/h10-18,21,23-24H,2-9,19-20,22H2,1H3,(H,40,44)(H,41,45)(H,42,43). The predicted octanol–water partition coefficient (Wildman–Crippen LogP) is 8.74. The highest BCUT2D eigenvalue weighted by molar-refractivity contribution is 6.16. The molecule has 1 saturated carbocycles. The molecule has 5 rings (SSSR count). The Balaban J connectivity index is 1.20. The number of unbranched alkanes of at least 4 members (excludes halogenated alkanes) is 7. The third-order valence-electron chi connectivity index (χ3n) is 8.35. The van der Waals surface area contributed by atoms with Gasteiger partial charge in [-0.05, 0) is 86.0 Å². The van der Waals surface area contributed by atoms with Gasteiger partial charge in [0, 0.05) is 23.0 Å². The number of carbonyl (C=O) groups excluding carboxylic acids is 2. The van der Waals surface area contributed by atoms with Crippen molar-refractivity contribution in [1.82, 2.24) is 4.98 Å². The number of pyridine rings is 1. The highest BCUT2D eigenvalue weighted by atomic mass is 19.1. The molecule has 0 atom stereocenters. The fourth-order valence-corrected chi connectivity index (χ4v) is 5.39. The van der Waals surface area contributed by atoms with E-state index in [9.17, 15) is 23.9 Å². The number of nitrogens with zero attached hydrogens (tertiary/aromatic N) is 1. The number of anilines is 2. The van der Waals surface area contributed by atoms with Crippen molar-refractivity contribution < 1.29 is 33.4 Å². The number of amides is 2. The number of nitrogens with one attached hydrogen (secondary N) is 2. The second-order valence-corrected chi connectivity index (χ2v) is 11.9. The van der Waals surface area contributed by atoms with Crippen LogP contribution < -0.4 is 20.1 Å². The lowest BCUT2D eigenvalue weighted by Crippen LogP contribution is -2.35. The summed E-state index contributed by atoms with van der Waals surface area (Å²) >= 11 is 0. The Morgan fingerprint density at radius 3 is 2.00 bits per heavy atom. The van der Waals surface area contributed by atoms with Crippen LogP contribution in [0, 0.1) is 11.2 Å². The number of carbonyl (C=O) groups is 3. The summed E-state index contributed by atoms with van der Waals surface area (Å²) in [5.74, 6) is -1.14. The molecule has 0 saturated heterocycles. The zero-order valence-corrected chi connectivity index (χ0v) is 26.5. The van der Waals surface area contributed by atoms with E-state index in [4.69, 9.17) is 9.47 Å². The normalized spacial score (nSPS) is 13.1. The van der Waals surface area contributed by atoms with Gasteiger partial charge in [-0.3, -0.25) is 14.6 Å². The van der Waals surface area contributed by atoms with Crippen molar-refractivity contribution in [2.24, 2.45) is 5.41 Å². The smallest absolute Gasteiger partial charge is 0.339 e. The minimum absolute atomic E-state index is 0.0431. The van der Waals surface area contributed by atoms with Crippen LogP contribution in [0.15, 0.2) is 72.9 Å². The van der Waals surface area contributed by atoms with Crippen LogP contribution in [0.5, 0.6) is 17.2 Å². The lowest BCUT2D eigenvalue weighted by molar-refractivity contribution is -0.131. The summed E-state index contributed by atoms with van der Waals surface area (Å²) in [5.41, 5.74) is 0.230. The molecule has 4 aromatic rings. The van der Waals surface area contributed by atoms with Crippen LogP contribution >= 0.6 is 0 Å². The maximum absolute atomic E-state index is 13.2. The monoisotopic (exact) mass is 641 g/mol. The van der Waals surface area contributed by atoms with E-state index in [1.165, 1.54) is 62.4 Å². The Morgan fingerprint density at radius 1 is 0.809 bits per heavy atom. The molecule has 3 aromatic carbocycles. The largest absolute Gasteiger partial charge is 0.493 e. The summed E-state index contributed by atoms with van der Waals surface area (Å²) in [6.07, 6.45) is 11.6. The maximum atomic E-state index is 13.2. The molecular formula is C37H40FN3O6. The molecule has 0 radical (unpaired) electrons. The number of fused-ring (bicyclic) bond motifs is 1. The van der Waals surface area contributed by atoms with Crippen LogP contribution in [-0.4, -0.2) is 34.5 Å². The zero-order chi connectivity index (χ0) is 33.2. The summed E-state index contributed by atoms with van der Waals surface area (Å²) in [4.78, 5) is 42.3. The molecule has 1 aliphatic rings. The Labute approximate surface area is 273 Å². The Bertz CT molecular complexity index is 1700. The third kappa shape index (κ3) is 8.64. The summed E-state index contributed by atoms with van der Waals surface area (Å²) in [7, 11) is 0. The lowest BCUT2D eigenvalue weighted by atomic mass is 10.0. The summed E-state index contributed by atoms with van der Waals surface area (Å²) in [6, 6.07) is 16.9.